The summed E-state index contributed by atoms with van der Waals surface area (Å²) in [7, 11) is 0. The average Bonchev–Trinajstić information content (AvgIpc) is 3.19. The summed E-state index contributed by atoms with van der Waals surface area (Å²) in [5.74, 6) is -3.19. The first kappa shape index (κ1) is 21.8. The van der Waals surface area contributed by atoms with Crippen LogP contribution < -0.4 is 0 Å². The van der Waals surface area contributed by atoms with Crippen molar-refractivity contribution in [2.45, 2.75) is 0 Å². The zero-order chi connectivity index (χ0) is 21.6. The number of hydrogen-bond acceptors (Lipinski definition) is 9. The molecule has 0 N–H and O–H groups in total. The predicted molar refractivity (Wildman–Crippen MR) is 87.5 cm³/mol. The van der Waals surface area contributed by atoms with Crippen LogP contribution in [0.25, 0.3) is 0 Å². The monoisotopic (exact) mass is 441 g/mol. The van der Waals surface area contributed by atoms with Crippen LogP contribution in [0.2, 0.25) is 0 Å². The molecular weight excluding hydrogens is 431 g/mol. The van der Waals surface area contributed by atoms with Crippen LogP contribution in [0.15, 0.2) is 36.4 Å². The van der Waals surface area contributed by atoms with Crippen LogP contribution in [0.5, 0.6) is 0 Å². The zero-order valence-electron chi connectivity index (χ0n) is 14.4. The van der Waals surface area contributed by atoms with Crippen molar-refractivity contribution in [1.29, 1.82) is 0 Å². The Balaban J connectivity index is 0.000000201. The summed E-state index contributed by atoms with van der Waals surface area (Å²) in [6, 6.07) is 11.3. The van der Waals surface area contributed by atoms with Gasteiger partial charge in [0.25, 0.3) is 5.97 Å². The van der Waals surface area contributed by atoms with Gasteiger partial charge in [0.15, 0.2) is 0 Å². The number of fused-ring (bicyclic) bond motifs is 2. The second kappa shape index (κ2) is 9.62. The fraction of sp³-hybridized carbons (Fsp3) is 0.0526. The summed E-state index contributed by atoms with van der Waals surface area (Å²) >= 11 is 2.31. The third-order valence-electron chi connectivity index (χ3n) is 3.60. The molecule has 0 spiro atoms. The molecule has 2 aliphatic rings. The minimum absolute atomic E-state index is 0.000699. The van der Waals surface area contributed by atoms with E-state index in [4.69, 9.17) is 3.87 Å². The summed E-state index contributed by atoms with van der Waals surface area (Å²) in [5, 5.41) is 0. The van der Waals surface area contributed by atoms with Crippen LogP contribution in [0.1, 0.15) is 51.8 Å². The van der Waals surface area contributed by atoms with Crippen molar-refractivity contribution in [3.63, 3.8) is 0 Å². The SMILES string of the molecule is O=C1OC(=O)c2cc[c-]cc21.[CH2-]COC(=O)c1ccc2c(c1)C(=O)OC2=O.[O]=[Co]. The van der Waals surface area contributed by atoms with Gasteiger partial charge in [-0.1, -0.05) is 0 Å². The quantitative estimate of drug-likeness (QED) is 0.296. The van der Waals surface area contributed by atoms with Crippen LogP contribution in [0, 0.1) is 13.0 Å². The molecule has 2 aromatic carbocycles. The van der Waals surface area contributed by atoms with Gasteiger partial charge in [0.2, 0.25) is 0 Å². The zero-order valence-corrected chi connectivity index (χ0v) is 15.4. The molecule has 4 rings (SSSR count). The van der Waals surface area contributed by atoms with Crippen LogP contribution in [-0.4, -0.2) is 36.5 Å². The second-order valence-electron chi connectivity index (χ2n) is 5.22. The molecule has 0 unspecified atom stereocenters. The summed E-state index contributed by atoms with van der Waals surface area (Å²) in [5.41, 5.74) is 1.07. The first-order valence-electron chi connectivity index (χ1n) is 7.69. The number of rotatable bonds is 2. The van der Waals surface area contributed by atoms with Gasteiger partial charge in [0.05, 0.1) is 16.7 Å². The normalized spacial score (nSPS) is 13.0. The Bertz CT molecular complexity index is 979. The second-order valence-corrected chi connectivity index (χ2v) is 5.22. The van der Waals surface area contributed by atoms with Gasteiger partial charge < -0.3 is 21.1 Å². The van der Waals surface area contributed by atoms with Crippen molar-refractivity contribution >= 4 is 29.8 Å². The fourth-order valence-electron chi connectivity index (χ4n) is 2.36. The molecule has 0 aromatic heterocycles. The number of carbonyl (C=O) groups is 5. The summed E-state index contributed by atoms with van der Waals surface area (Å²) in [4.78, 5) is 55.3. The third-order valence-corrected chi connectivity index (χ3v) is 3.60. The molecule has 2 heterocycles. The molecule has 0 fully saturated rings. The summed E-state index contributed by atoms with van der Waals surface area (Å²) < 4.78 is 21.3. The van der Waals surface area contributed by atoms with E-state index in [1.54, 1.807) is 6.07 Å². The van der Waals surface area contributed by atoms with Gasteiger partial charge in [-0.15, -0.1) is 0 Å². The van der Waals surface area contributed by atoms with Gasteiger partial charge in [-0.05, 0) is 35.9 Å². The van der Waals surface area contributed by atoms with Crippen molar-refractivity contribution < 1.29 is 57.7 Å². The molecule has 29 heavy (non-hydrogen) atoms. The van der Waals surface area contributed by atoms with Crippen LogP contribution in [-0.2, 0) is 33.7 Å². The van der Waals surface area contributed by atoms with Gasteiger partial charge in [-0.2, -0.15) is 24.3 Å². The molecule has 2 aromatic rings. The number of cyclic esters (lactones) is 4. The van der Waals surface area contributed by atoms with Crippen molar-refractivity contribution in [3.8, 4) is 0 Å². The Morgan fingerprint density at radius 3 is 2.03 bits per heavy atom. The number of carbonyl (C=O) groups excluding carboxylic acids is 5. The van der Waals surface area contributed by atoms with Crippen LogP contribution >= 0.6 is 0 Å². The van der Waals surface area contributed by atoms with E-state index in [2.05, 4.69) is 42.9 Å². The van der Waals surface area contributed by atoms with Gasteiger partial charge in [0.1, 0.15) is 0 Å². The van der Waals surface area contributed by atoms with E-state index in [9.17, 15) is 24.0 Å². The third kappa shape index (κ3) is 4.67. The van der Waals surface area contributed by atoms with Gasteiger partial charge >= 0.3 is 43.4 Å². The molecule has 0 radical (unpaired) electrons. The average molecular weight is 441 g/mol. The van der Waals surface area contributed by atoms with Gasteiger partial charge in [-0.3, -0.25) is 4.79 Å². The molecule has 10 heteroatoms. The number of ether oxygens (including phenoxy) is 3. The van der Waals surface area contributed by atoms with E-state index in [1.807, 2.05) is 0 Å². The van der Waals surface area contributed by atoms with E-state index in [-0.39, 0.29) is 23.3 Å². The van der Waals surface area contributed by atoms with Gasteiger partial charge in [0, 0.05) is 0 Å². The fourth-order valence-corrected chi connectivity index (χ4v) is 2.36. The van der Waals surface area contributed by atoms with Crippen LogP contribution in [0.3, 0.4) is 0 Å². The Morgan fingerprint density at radius 2 is 1.45 bits per heavy atom. The molecule has 0 saturated heterocycles. The molecule has 0 saturated carbocycles. The molecular formula is C19H10CoO9-2. The Hall–Kier alpha value is -3.50. The maximum atomic E-state index is 11.3. The van der Waals surface area contributed by atoms with Gasteiger partial charge in [-0.25, -0.2) is 19.2 Å². The molecule has 0 aliphatic carbocycles. The predicted octanol–water partition coefficient (Wildman–Crippen LogP) is 1.66. The maximum absolute atomic E-state index is 11.3. The minimum atomic E-state index is -0.746. The van der Waals surface area contributed by atoms with E-state index in [0.717, 1.165) is 0 Å². The first-order valence-corrected chi connectivity index (χ1v) is 8.12. The van der Waals surface area contributed by atoms with E-state index >= 15 is 0 Å². The summed E-state index contributed by atoms with van der Waals surface area (Å²) in [6.07, 6.45) is 0. The summed E-state index contributed by atoms with van der Waals surface area (Å²) in [6.45, 7) is 3.36. The molecule has 9 nitrogen and oxygen atoms in total. The number of esters is 5. The Labute approximate surface area is 171 Å². The van der Waals surface area contributed by atoms with Crippen molar-refractivity contribution in [2.75, 3.05) is 6.61 Å². The van der Waals surface area contributed by atoms with Crippen LogP contribution in [0.4, 0.5) is 0 Å². The molecule has 0 amide bonds. The molecule has 0 bridgehead atoms. The van der Waals surface area contributed by atoms with Crippen molar-refractivity contribution in [3.05, 3.63) is 77.2 Å². The standard InChI is InChI=1S/C11H7O5.C8H3O3.Co.O/c1-2-15-9(12)6-3-4-7-8(5-6)11(14)16-10(7)13;9-7-5-3-1-2-4-6(5)8(10)11-7;;/h3-5H,1-2H2;1,3-4H;;/q2*-1;;. The Kier molecular flexibility index (Phi) is 7.23. The van der Waals surface area contributed by atoms with E-state index in [0.29, 0.717) is 11.1 Å². The Morgan fingerprint density at radius 1 is 0.897 bits per heavy atom. The molecule has 0 atom stereocenters. The van der Waals surface area contributed by atoms with E-state index < -0.39 is 29.8 Å². The number of benzene rings is 2. The molecule has 2 aliphatic heterocycles. The number of hydrogen-bond donors (Lipinski definition) is 0. The topological polar surface area (TPSA) is 130 Å². The van der Waals surface area contributed by atoms with Crippen molar-refractivity contribution in [1.82, 2.24) is 0 Å². The molecule has 151 valence electrons. The van der Waals surface area contributed by atoms with Crippen molar-refractivity contribution in [2.24, 2.45) is 0 Å². The van der Waals surface area contributed by atoms with E-state index in [1.165, 1.54) is 30.3 Å². The first-order chi connectivity index (χ1) is 13.9.